The summed E-state index contributed by atoms with van der Waals surface area (Å²) in [7, 11) is 2.03. The van der Waals surface area contributed by atoms with Gasteiger partial charge in [-0.15, -0.1) is 0 Å². The zero-order chi connectivity index (χ0) is 14.9. The molecule has 2 aliphatic rings. The highest BCUT2D eigenvalue weighted by molar-refractivity contribution is 6.30. The number of nitrogens with zero attached hydrogens (tertiary/aromatic N) is 2. The van der Waals surface area contributed by atoms with Gasteiger partial charge >= 0.3 is 0 Å². The van der Waals surface area contributed by atoms with Crippen molar-refractivity contribution in [3.63, 3.8) is 0 Å². The van der Waals surface area contributed by atoms with Gasteiger partial charge in [-0.2, -0.15) is 5.26 Å². The van der Waals surface area contributed by atoms with Crippen LogP contribution in [0.5, 0.6) is 0 Å². The monoisotopic (exact) mass is 306 g/mol. The molecule has 3 rings (SSSR count). The maximum absolute atomic E-state index is 9.26. The third-order valence-corrected chi connectivity index (χ3v) is 4.77. The Balaban J connectivity index is 1.73. The zero-order valence-corrected chi connectivity index (χ0v) is 12.9. The maximum atomic E-state index is 9.26. The van der Waals surface area contributed by atoms with Gasteiger partial charge in [-0.1, -0.05) is 11.6 Å². The van der Waals surface area contributed by atoms with Crippen molar-refractivity contribution in [2.24, 2.45) is 0 Å². The molecule has 0 N–H and O–H groups in total. The molecule has 2 fully saturated rings. The lowest BCUT2D eigenvalue weighted by molar-refractivity contribution is -0.178. The standard InChI is InChI=1S/C16H19ClN2O2/c1-19(15-10-13(17)3-2-12(15)11-18)14-4-6-16(7-5-14)20-8-9-21-16/h2-3,10,14H,4-9H2,1H3. The highest BCUT2D eigenvalue weighted by atomic mass is 35.5. The van der Waals surface area contributed by atoms with Gasteiger partial charge in [0.05, 0.1) is 24.5 Å². The van der Waals surface area contributed by atoms with Crippen molar-refractivity contribution >= 4 is 17.3 Å². The summed E-state index contributed by atoms with van der Waals surface area (Å²) in [4.78, 5) is 2.17. The van der Waals surface area contributed by atoms with E-state index >= 15 is 0 Å². The van der Waals surface area contributed by atoms with Gasteiger partial charge in [0.15, 0.2) is 5.79 Å². The Hall–Kier alpha value is -1.28. The molecule has 21 heavy (non-hydrogen) atoms. The minimum Gasteiger partial charge on any atom is -0.370 e. The smallest absolute Gasteiger partial charge is 0.168 e. The van der Waals surface area contributed by atoms with E-state index in [1.165, 1.54) is 0 Å². The van der Waals surface area contributed by atoms with Crippen LogP contribution in [0.4, 0.5) is 5.69 Å². The first kappa shape index (κ1) is 14.6. The highest BCUT2D eigenvalue weighted by Gasteiger charge is 2.41. The SMILES string of the molecule is CN(c1cc(Cl)ccc1C#N)C1CCC2(CC1)OCCO2. The van der Waals surface area contributed by atoms with Crippen molar-refractivity contribution in [1.29, 1.82) is 5.26 Å². The largest absolute Gasteiger partial charge is 0.370 e. The Bertz CT molecular complexity index is 554. The number of nitriles is 1. The van der Waals surface area contributed by atoms with Gasteiger partial charge < -0.3 is 14.4 Å². The van der Waals surface area contributed by atoms with Crippen LogP contribution in [0.1, 0.15) is 31.2 Å². The quantitative estimate of drug-likeness (QED) is 0.840. The van der Waals surface area contributed by atoms with Crippen molar-refractivity contribution in [2.75, 3.05) is 25.2 Å². The van der Waals surface area contributed by atoms with E-state index in [0.717, 1.165) is 31.4 Å². The van der Waals surface area contributed by atoms with E-state index in [1.54, 1.807) is 12.1 Å². The van der Waals surface area contributed by atoms with E-state index in [4.69, 9.17) is 21.1 Å². The van der Waals surface area contributed by atoms with Crippen molar-refractivity contribution in [2.45, 2.75) is 37.5 Å². The molecule has 0 radical (unpaired) electrons. The van der Waals surface area contributed by atoms with Crippen molar-refractivity contribution < 1.29 is 9.47 Å². The second-order valence-corrected chi connectivity index (χ2v) is 6.16. The van der Waals surface area contributed by atoms with Gasteiger partial charge in [0.25, 0.3) is 0 Å². The van der Waals surface area contributed by atoms with E-state index in [0.29, 0.717) is 29.8 Å². The van der Waals surface area contributed by atoms with Gasteiger partial charge in [-0.3, -0.25) is 0 Å². The van der Waals surface area contributed by atoms with Crippen LogP contribution in [0.25, 0.3) is 0 Å². The van der Waals surface area contributed by atoms with Gasteiger partial charge in [0.2, 0.25) is 0 Å². The molecule has 1 aromatic carbocycles. The van der Waals surface area contributed by atoms with Gasteiger partial charge in [0.1, 0.15) is 6.07 Å². The predicted molar refractivity (Wildman–Crippen MR) is 81.5 cm³/mol. The Kier molecular flexibility index (Phi) is 4.08. The average Bonchev–Trinajstić information content (AvgIpc) is 2.95. The molecule has 0 amide bonds. The molecule has 4 nitrogen and oxygen atoms in total. The lowest BCUT2D eigenvalue weighted by Gasteiger charge is -2.40. The Morgan fingerprint density at radius 2 is 1.95 bits per heavy atom. The number of benzene rings is 1. The molecular formula is C16H19ClN2O2. The molecule has 0 unspecified atom stereocenters. The van der Waals surface area contributed by atoms with Gasteiger partial charge in [-0.25, -0.2) is 0 Å². The average molecular weight is 307 g/mol. The molecule has 1 saturated heterocycles. The Labute approximate surface area is 130 Å². The van der Waals surface area contributed by atoms with E-state index in [1.807, 2.05) is 13.1 Å². The van der Waals surface area contributed by atoms with E-state index < -0.39 is 0 Å². The summed E-state index contributed by atoms with van der Waals surface area (Å²) in [6, 6.07) is 8.03. The first-order valence-corrected chi connectivity index (χ1v) is 7.72. The summed E-state index contributed by atoms with van der Waals surface area (Å²) < 4.78 is 11.5. The number of hydrogen-bond acceptors (Lipinski definition) is 4. The van der Waals surface area contributed by atoms with Crippen LogP contribution >= 0.6 is 11.6 Å². The second kappa shape index (κ2) is 5.84. The fourth-order valence-corrected chi connectivity index (χ4v) is 3.47. The number of halogens is 1. The molecule has 1 saturated carbocycles. The molecule has 1 aromatic rings. The Morgan fingerprint density at radius 1 is 1.29 bits per heavy atom. The summed E-state index contributed by atoms with van der Waals surface area (Å²) in [6.07, 6.45) is 3.80. The Morgan fingerprint density at radius 3 is 2.57 bits per heavy atom. The lowest BCUT2D eigenvalue weighted by Crippen LogP contribution is -2.43. The second-order valence-electron chi connectivity index (χ2n) is 5.72. The fourth-order valence-electron chi connectivity index (χ4n) is 3.30. The summed E-state index contributed by atoms with van der Waals surface area (Å²) in [5.41, 5.74) is 1.56. The summed E-state index contributed by atoms with van der Waals surface area (Å²) in [5, 5.41) is 9.92. The minimum absolute atomic E-state index is 0.344. The third kappa shape index (κ3) is 2.87. The first-order chi connectivity index (χ1) is 10.1. The van der Waals surface area contributed by atoms with Crippen LogP contribution in [0.2, 0.25) is 5.02 Å². The van der Waals surface area contributed by atoms with E-state index in [9.17, 15) is 5.26 Å². The summed E-state index contributed by atoms with van der Waals surface area (Å²) >= 11 is 6.08. The van der Waals surface area contributed by atoms with Crippen LogP contribution in [-0.2, 0) is 9.47 Å². The molecular weight excluding hydrogens is 288 g/mol. The molecule has 1 aliphatic heterocycles. The number of anilines is 1. The van der Waals surface area contributed by atoms with Crippen LogP contribution in [-0.4, -0.2) is 32.1 Å². The normalized spacial score (nSPS) is 21.4. The predicted octanol–water partition coefficient (Wildman–Crippen LogP) is 3.33. The molecule has 5 heteroatoms. The van der Waals surface area contributed by atoms with Gasteiger partial charge in [0, 0.05) is 31.0 Å². The highest BCUT2D eigenvalue weighted by Crippen LogP contribution is 2.38. The topological polar surface area (TPSA) is 45.5 Å². The molecule has 112 valence electrons. The number of rotatable bonds is 2. The van der Waals surface area contributed by atoms with Gasteiger partial charge in [-0.05, 0) is 31.0 Å². The van der Waals surface area contributed by atoms with E-state index in [2.05, 4.69) is 11.0 Å². The van der Waals surface area contributed by atoms with Crippen LogP contribution in [0.3, 0.4) is 0 Å². The summed E-state index contributed by atoms with van der Waals surface area (Å²) in [5.74, 6) is -0.344. The molecule has 1 aliphatic carbocycles. The van der Waals surface area contributed by atoms with Crippen molar-refractivity contribution in [3.8, 4) is 6.07 Å². The van der Waals surface area contributed by atoms with Crippen LogP contribution in [0.15, 0.2) is 18.2 Å². The molecule has 1 spiro atoms. The van der Waals surface area contributed by atoms with Crippen LogP contribution in [0, 0.1) is 11.3 Å². The van der Waals surface area contributed by atoms with Crippen LogP contribution < -0.4 is 4.90 Å². The number of hydrogen-bond donors (Lipinski definition) is 0. The molecule has 0 atom stereocenters. The molecule has 0 aromatic heterocycles. The van der Waals surface area contributed by atoms with Crippen molar-refractivity contribution in [3.05, 3.63) is 28.8 Å². The molecule has 1 heterocycles. The third-order valence-electron chi connectivity index (χ3n) is 4.54. The van der Waals surface area contributed by atoms with E-state index in [-0.39, 0.29) is 5.79 Å². The lowest BCUT2D eigenvalue weighted by atomic mass is 9.89. The fraction of sp³-hybridized carbons (Fsp3) is 0.562. The first-order valence-electron chi connectivity index (χ1n) is 7.34. The minimum atomic E-state index is -0.344. The number of ether oxygens (including phenoxy) is 2. The van der Waals surface area contributed by atoms with Crippen molar-refractivity contribution in [1.82, 2.24) is 0 Å². The molecule has 0 bridgehead atoms. The zero-order valence-electron chi connectivity index (χ0n) is 12.1. The maximum Gasteiger partial charge on any atom is 0.168 e. The summed E-state index contributed by atoms with van der Waals surface area (Å²) in [6.45, 7) is 1.40.